The molecule has 0 spiro atoms. The van der Waals surface area contributed by atoms with Gasteiger partial charge in [0, 0.05) is 18.6 Å². The molecule has 0 amide bonds. The molecule has 1 aliphatic carbocycles. The number of hydrogen-bond donors (Lipinski definition) is 3. The van der Waals surface area contributed by atoms with Crippen molar-refractivity contribution in [2.45, 2.75) is 57.5 Å². The van der Waals surface area contributed by atoms with Crippen molar-refractivity contribution >= 4 is 11.0 Å². The van der Waals surface area contributed by atoms with Gasteiger partial charge in [-0.05, 0) is 43.5 Å². The molecule has 1 aromatic heterocycles. The van der Waals surface area contributed by atoms with Crippen LogP contribution in [-0.4, -0.2) is 38.6 Å². The number of hydrogen-bond acceptors (Lipinski definition) is 4. The second kappa shape index (κ2) is 8.86. The van der Waals surface area contributed by atoms with Gasteiger partial charge < -0.3 is 15.4 Å². The van der Waals surface area contributed by atoms with Crippen molar-refractivity contribution in [1.29, 1.82) is 0 Å². The van der Waals surface area contributed by atoms with Gasteiger partial charge in [-0.25, -0.2) is 4.98 Å². The van der Waals surface area contributed by atoms with E-state index in [9.17, 15) is 5.11 Å². The summed E-state index contributed by atoms with van der Waals surface area (Å²) in [6.45, 7) is 3.82. The Bertz CT molecular complexity index is 845. The van der Waals surface area contributed by atoms with Crippen molar-refractivity contribution in [2.24, 2.45) is 0 Å². The number of nitrogens with one attached hydrogen (secondary N) is 2. The lowest BCUT2D eigenvalue weighted by molar-refractivity contribution is -0.0415. The summed E-state index contributed by atoms with van der Waals surface area (Å²) < 4.78 is 0. The van der Waals surface area contributed by atoms with Crippen molar-refractivity contribution in [1.82, 2.24) is 20.2 Å². The first-order valence-electron chi connectivity index (χ1n) is 10.4. The minimum atomic E-state index is -0.699. The van der Waals surface area contributed by atoms with Gasteiger partial charge in [0.2, 0.25) is 0 Å². The second-order valence-corrected chi connectivity index (χ2v) is 7.73. The quantitative estimate of drug-likeness (QED) is 0.544. The first-order valence-corrected chi connectivity index (χ1v) is 10.4. The molecule has 1 unspecified atom stereocenters. The Balaban J connectivity index is 1.41. The molecule has 2 aromatic carbocycles. The first-order chi connectivity index (χ1) is 13.7. The molecule has 1 heterocycles. The molecule has 3 N–H and O–H groups in total. The fourth-order valence-corrected chi connectivity index (χ4v) is 4.39. The minimum Gasteiger partial charge on any atom is -0.371 e. The van der Waals surface area contributed by atoms with Crippen molar-refractivity contribution in [3.8, 4) is 0 Å². The van der Waals surface area contributed by atoms with Crippen molar-refractivity contribution < 1.29 is 5.11 Å². The van der Waals surface area contributed by atoms with E-state index in [1.165, 1.54) is 18.4 Å². The fraction of sp³-hybridized carbons (Fsp3) is 0.435. The number of H-pyrrole nitrogens is 1. The van der Waals surface area contributed by atoms with Crippen LogP contribution in [0.3, 0.4) is 0 Å². The van der Waals surface area contributed by atoms with E-state index < -0.39 is 6.23 Å². The maximum atomic E-state index is 11.0. The summed E-state index contributed by atoms with van der Waals surface area (Å²) in [5.41, 5.74) is 3.19. The molecule has 3 atom stereocenters. The van der Waals surface area contributed by atoms with Gasteiger partial charge in [0.15, 0.2) is 12.1 Å². The lowest BCUT2D eigenvalue weighted by atomic mass is 9.89. The van der Waals surface area contributed by atoms with Crippen LogP contribution in [0.15, 0.2) is 54.6 Å². The summed E-state index contributed by atoms with van der Waals surface area (Å²) in [7, 11) is 0. The molecule has 0 bridgehead atoms. The van der Waals surface area contributed by atoms with Gasteiger partial charge >= 0.3 is 0 Å². The minimum absolute atomic E-state index is 0.357. The maximum absolute atomic E-state index is 11.0. The molecule has 3 aromatic rings. The zero-order valence-corrected chi connectivity index (χ0v) is 16.5. The number of rotatable bonds is 7. The number of para-hydroxylation sites is 2. The number of imidazole rings is 1. The molecule has 0 saturated heterocycles. The number of aliphatic hydroxyl groups is 1. The molecular weight excluding hydrogens is 348 g/mol. The highest BCUT2D eigenvalue weighted by atomic mass is 16.3. The van der Waals surface area contributed by atoms with Gasteiger partial charge in [0.05, 0.1) is 11.0 Å². The van der Waals surface area contributed by atoms with Crippen LogP contribution >= 0.6 is 0 Å². The third-order valence-electron chi connectivity index (χ3n) is 5.88. The maximum Gasteiger partial charge on any atom is 0.166 e. The first kappa shape index (κ1) is 19.1. The van der Waals surface area contributed by atoms with Crippen molar-refractivity contribution in [3.05, 3.63) is 66.0 Å². The molecular formula is C23H30N4O. The Morgan fingerprint density at radius 1 is 1.14 bits per heavy atom. The van der Waals surface area contributed by atoms with E-state index in [0.717, 1.165) is 37.0 Å². The Morgan fingerprint density at radius 3 is 2.71 bits per heavy atom. The number of fused-ring (bicyclic) bond motifs is 1. The molecule has 5 heteroatoms. The van der Waals surface area contributed by atoms with E-state index >= 15 is 0 Å². The molecule has 1 fully saturated rings. The topological polar surface area (TPSA) is 64.2 Å². The van der Waals surface area contributed by atoms with E-state index in [4.69, 9.17) is 0 Å². The van der Waals surface area contributed by atoms with Gasteiger partial charge in [-0.2, -0.15) is 0 Å². The molecule has 1 saturated carbocycles. The zero-order chi connectivity index (χ0) is 19.3. The predicted octanol–water partition coefficient (Wildman–Crippen LogP) is 3.98. The summed E-state index contributed by atoms with van der Waals surface area (Å²) in [5.74, 6) is 0.641. The average Bonchev–Trinajstić information content (AvgIpc) is 3.18. The number of aliphatic hydroxyl groups excluding tert-OH is 1. The van der Waals surface area contributed by atoms with E-state index in [2.05, 4.69) is 57.4 Å². The Morgan fingerprint density at radius 2 is 1.93 bits per heavy atom. The number of benzene rings is 2. The van der Waals surface area contributed by atoms with E-state index in [1.54, 1.807) is 0 Å². The van der Waals surface area contributed by atoms with Crippen LogP contribution < -0.4 is 5.32 Å². The highest BCUT2D eigenvalue weighted by Gasteiger charge is 2.31. The average molecular weight is 379 g/mol. The van der Waals surface area contributed by atoms with Crippen LogP contribution in [0.4, 0.5) is 0 Å². The zero-order valence-electron chi connectivity index (χ0n) is 16.5. The molecule has 4 rings (SSSR count). The van der Waals surface area contributed by atoms with Crippen molar-refractivity contribution in [2.75, 3.05) is 6.54 Å². The molecule has 5 nitrogen and oxygen atoms in total. The van der Waals surface area contributed by atoms with Crippen LogP contribution in [0.2, 0.25) is 0 Å². The lowest BCUT2D eigenvalue weighted by Crippen LogP contribution is -2.45. The van der Waals surface area contributed by atoms with Gasteiger partial charge in [-0.1, -0.05) is 55.8 Å². The van der Waals surface area contributed by atoms with Crippen LogP contribution in [0.1, 0.15) is 50.2 Å². The predicted molar refractivity (Wildman–Crippen MR) is 113 cm³/mol. The van der Waals surface area contributed by atoms with Crippen LogP contribution in [0.25, 0.3) is 11.0 Å². The van der Waals surface area contributed by atoms with Gasteiger partial charge in [-0.3, -0.25) is 4.90 Å². The SMILES string of the molecule is CCN(C(O)c1nc2ccccc2[nH]1)[C@H]1CCC[C@@H](NCc2ccccc2)C1. The molecule has 148 valence electrons. The Kier molecular flexibility index (Phi) is 6.05. The number of aromatic amines is 1. The highest BCUT2D eigenvalue weighted by molar-refractivity contribution is 5.74. The van der Waals surface area contributed by atoms with Crippen LogP contribution in [0.5, 0.6) is 0 Å². The highest BCUT2D eigenvalue weighted by Crippen LogP contribution is 2.29. The summed E-state index contributed by atoms with van der Waals surface area (Å²) in [6, 6.07) is 19.3. The molecule has 1 aliphatic rings. The van der Waals surface area contributed by atoms with E-state index in [-0.39, 0.29) is 0 Å². The Labute approximate surface area is 166 Å². The monoisotopic (exact) mass is 378 g/mol. The summed E-state index contributed by atoms with van der Waals surface area (Å²) in [6.07, 6.45) is 3.85. The summed E-state index contributed by atoms with van der Waals surface area (Å²) >= 11 is 0. The lowest BCUT2D eigenvalue weighted by Gasteiger charge is -2.39. The number of aromatic nitrogens is 2. The summed E-state index contributed by atoms with van der Waals surface area (Å²) in [5, 5.41) is 14.8. The normalized spacial score (nSPS) is 21.2. The number of nitrogens with zero attached hydrogens (tertiary/aromatic N) is 2. The third kappa shape index (κ3) is 4.27. The largest absolute Gasteiger partial charge is 0.371 e. The van der Waals surface area contributed by atoms with Gasteiger partial charge in [-0.15, -0.1) is 0 Å². The molecule has 0 aliphatic heterocycles. The van der Waals surface area contributed by atoms with Crippen molar-refractivity contribution in [3.63, 3.8) is 0 Å². The molecule has 28 heavy (non-hydrogen) atoms. The molecule has 0 radical (unpaired) electrons. The smallest absolute Gasteiger partial charge is 0.166 e. The van der Waals surface area contributed by atoms with Gasteiger partial charge in [0.1, 0.15) is 0 Å². The van der Waals surface area contributed by atoms with Crippen LogP contribution in [0, 0.1) is 0 Å². The summed E-state index contributed by atoms with van der Waals surface area (Å²) in [4.78, 5) is 10.1. The second-order valence-electron chi connectivity index (χ2n) is 7.73. The standard InChI is InChI=1S/C23H30N4O/c1-2-27(23(28)22-25-20-13-6-7-14-21(20)26-22)19-12-8-11-18(15-19)24-16-17-9-4-3-5-10-17/h3-7,9-10,13-14,18-19,23-24,28H,2,8,11-12,15-16H2,1H3,(H,25,26)/t18-,19+,23?/m1/s1. The third-order valence-corrected chi connectivity index (χ3v) is 5.88. The Hall–Kier alpha value is -2.21. The van der Waals surface area contributed by atoms with E-state index in [0.29, 0.717) is 17.9 Å². The fourth-order valence-electron chi connectivity index (χ4n) is 4.39. The van der Waals surface area contributed by atoms with E-state index in [1.807, 2.05) is 24.3 Å². The van der Waals surface area contributed by atoms with Crippen LogP contribution in [-0.2, 0) is 6.54 Å². The van der Waals surface area contributed by atoms with Gasteiger partial charge in [0.25, 0.3) is 0 Å².